The second kappa shape index (κ2) is 5.00. The number of hydrogen-bond donors (Lipinski definition) is 1. The number of ether oxygens (including phenoxy) is 1. The minimum Gasteiger partial charge on any atom is -0.465 e. The van der Waals surface area contributed by atoms with Crippen LogP contribution in [-0.2, 0) is 4.74 Å². The van der Waals surface area contributed by atoms with Gasteiger partial charge in [-0.25, -0.2) is 4.79 Å². The van der Waals surface area contributed by atoms with Crippen LogP contribution in [0.4, 0.5) is 0 Å². The molecule has 0 atom stereocenters. The van der Waals surface area contributed by atoms with Crippen molar-refractivity contribution in [1.29, 1.82) is 0 Å². The fourth-order valence-corrected chi connectivity index (χ4v) is 1.29. The first-order valence-electron chi connectivity index (χ1n) is 3.86. The summed E-state index contributed by atoms with van der Waals surface area (Å²) in [5.74, 6) is -0.579. The smallest absolute Gasteiger partial charge is 0.339 e. The van der Waals surface area contributed by atoms with Crippen molar-refractivity contribution in [2.45, 2.75) is 0 Å². The molecule has 0 unspecified atom stereocenters. The number of nitrogens with zero attached hydrogens (tertiary/aromatic N) is 1. The number of hydrogen-bond acceptors (Lipinski definition) is 4. The molecule has 0 aliphatic heterocycles. The van der Waals surface area contributed by atoms with Gasteiger partial charge in [0.1, 0.15) is 0 Å². The quantitative estimate of drug-likeness (QED) is 0.378. The van der Waals surface area contributed by atoms with E-state index < -0.39 is 5.97 Å². The van der Waals surface area contributed by atoms with Gasteiger partial charge in [0, 0.05) is 5.56 Å². The van der Waals surface area contributed by atoms with Crippen LogP contribution < -0.4 is 0 Å². The number of halogens is 2. The summed E-state index contributed by atoms with van der Waals surface area (Å²) >= 11 is 11.3. The number of oxime groups is 1. The molecule has 0 radical (unpaired) electrons. The van der Waals surface area contributed by atoms with Crippen molar-refractivity contribution in [2.75, 3.05) is 7.11 Å². The molecule has 1 aromatic carbocycles. The summed E-state index contributed by atoms with van der Waals surface area (Å²) in [6, 6.07) is 4.38. The minimum atomic E-state index is -0.579. The maximum absolute atomic E-state index is 11.2. The van der Waals surface area contributed by atoms with Gasteiger partial charge in [0.2, 0.25) is 0 Å². The molecule has 0 fully saturated rings. The Labute approximate surface area is 96.1 Å². The topological polar surface area (TPSA) is 58.9 Å². The number of methoxy groups -OCH3 is 1. The van der Waals surface area contributed by atoms with Gasteiger partial charge in [0.15, 0.2) is 5.17 Å². The van der Waals surface area contributed by atoms with Crippen molar-refractivity contribution < 1.29 is 14.7 Å². The molecule has 0 spiro atoms. The van der Waals surface area contributed by atoms with Crippen LogP contribution in [0.5, 0.6) is 0 Å². The first kappa shape index (κ1) is 11.8. The first-order chi connectivity index (χ1) is 7.10. The fourth-order valence-electron chi connectivity index (χ4n) is 0.978. The molecule has 80 valence electrons. The number of esters is 1. The van der Waals surface area contributed by atoms with E-state index in [0.717, 1.165) is 0 Å². The van der Waals surface area contributed by atoms with Crippen LogP contribution in [0.15, 0.2) is 23.4 Å². The van der Waals surface area contributed by atoms with Crippen LogP contribution in [0.1, 0.15) is 15.9 Å². The van der Waals surface area contributed by atoms with Gasteiger partial charge in [-0.2, -0.15) is 0 Å². The van der Waals surface area contributed by atoms with Gasteiger partial charge < -0.3 is 9.94 Å². The predicted molar refractivity (Wildman–Crippen MR) is 57.0 cm³/mol. The molecule has 0 aromatic heterocycles. The van der Waals surface area contributed by atoms with Gasteiger partial charge in [-0.15, -0.1) is 0 Å². The maximum atomic E-state index is 11.2. The molecule has 0 aliphatic carbocycles. The number of benzene rings is 1. The van der Waals surface area contributed by atoms with Gasteiger partial charge in [-0.1, -0.05) is 34.4 Å². The van der Waals surface area contributed by atoms with E-state index in [1.807, 2.05) is 0 Å². The molecule has 0 bridgehead atoms. The Morgan fingerprint density at radius 1 is 1.53 bits per heavy atom. The zero-order chi connectivity index (χ0) is 11.4. The van der Waals surface area contributed by atoms with Gasteiger partial charge >= 0.3 is 5.97 Å². The highest BCUT2D eigenvalue weighted by Gasteiger charge is 2.12. The third-order valence-electron chi connectivity index (χ3n) is 1.70. The predicted octanol–water partition coefficient (Wildman–Crippen LogP) is 2.50. The van der Waals surface area contributed by atoms with E-state index in [4.69, 9.17) is 28.4 Å². The zero-order valence-corrected chi connectivity index (χ0v) is 9.21. The zero-order valence-electron chi connectivity index (χ0n) is 7.70. The summed E-state index contributed by atoms with van der Waals surface area (Å²) in [6.07, 6.45) is 0. The van der Waals surface area contributed by atoms with Crippen molar-refractivity contribution in [3.05, 3.63) is 34.3 Å². The number of carbonyl (C=O) groups excluding carboxylic acids is 1. The third kappa shape index (κ3) is 2.61. The lowest BCUT2D eigenvalue weighted by atomic mass is 10.1. The van der Waals surface area contributed by atoms with Crippen molar-refractivity contribution >= 4 is 34.3 Å². The van der Waals surface area contributed by atoms with Gasteiger partial charge in [0.05, 0.1) is 17.7 Å². The molecule has 15 heavy (non-hydrogen) atoms. The molecule has 0 saturated heterocycles. The van der Waals surface area contributed by atoms with E-state index in [2.05, 4.69) is 9.89 Å². The Morgan fingerprint density at radius 2 is 2.20 bits per heavy atom. The molecule has 1 aromatic rings. The lowest BCUT2D eigenvalue weighted by Gasteiger charge is -2.03. The molecule has 0 saturated carbocycles. The highest BCUT2D eigenvalue weighted by Crippen LogP contribution is 2.19. The van der Waals surface area contributed by atoms with Crippen molar-refractivity contribution in [1.82, 2.24) is 0 Å². The van der Waals surface area contributed by atoms with Crippen LogP contribution in [0, 0.1) is 0 Å². The summed E-state index contributed by atoms with van der Waals surface area (Å²) in [7, 11) is 1.24. The maximum Gasteiger partial charge on any atom is 0.339 e. The minimum absolute atomic E-state index is 0.128. The van der Waals surface area contributed by atoms with Crippen LogP contribution in [0.25, 0.3) is 0 Å². The number of carbonyl (C=O) groups is 1. The van der Waals surface area contributed by atoms with Crippen molar-refractivity contribution in [3.63, 3.8) is 0 Å². The Kier molecular flexibility index (Phi) is 3.94. The van der Waals surface area contributed by atoms with Gasteiger partial charge in [-0.3, -0.25) is 0 Å². The molecule has 1 rings (SSSR count). The van der Waals surface area contributed by atoms with Crippen LogP contribution in [0.2, 0.25) is 5.02 Å². The van der Waals surface area contributed by atoms with Gasteiger partial charge in [0.25, 0.3) is 0 Å². The monoisotopic (exact) mass is 247 g/mol. The second-order valence-corrected chi connectivity index (χ2v) is 3.34. The standard InChI is InChI=1S/C9H7Cl2NO3/c1-15-9(13)6-4-5(8(11)12-14)2-3-7(6)10/h2-4,14H,1H3/b12-8-. The highest BCUT2D eigenvalue weighted by molar-refractivity contribution is 6.69. The third-order valence-corrected chi connectivity index (χ3v) is 2.32. The average Bonchev–Trinajstić information content (AvgIpc) is 2.27. The second-order valence-electron chi connectivity index (χ2n) is 2.58. The van der Waals surface area contributed by atoms with E-state index in [0.29, 0.717) is 5.56 Å². The molecule has 0 heterocycles. The largest absolute Gasteiger partial charge is 0.465 e. The van der Waals surface area contributed by atoms with E-state index in [-0.39, 0.29) is 15.8 Å². The SMILES string of the molecule is COC(=O)c1cc(/C(Cl)=N/O)ccc1Cl. The van der Waals surface area contributed by atoms with Crippen molar-refractivity contribution in [3.8, 4) is 0 Å². The average molecular weight is 248 g/mol. The summed E-state index contributed by atoms with van der Waals surface area (Å²) < 4.78 is 4.52. The molecule has 4 nitrogen and oxygen atoms in total. The summed E-state index contributed by atoms with van der Waals surface area (Å²) in [4.78, 5) is 11.2. The molecule has 6 heteroatoms. The molecule has 0 aliphatic rings. The van der Waals surface area contributed by atoms with Crippen LogP contribution >= 0.6 is 23.2 Å². The van der Waals surface area contributed by atoms with E-state index >= 15 is 0 Å². The summed E-state index contributed by atoms with van der Waals surface area (Å²) in [5.41, 5.74) is 0.544. The Morgan fingerprint density at radius 3 is 2.73 bits per heavy atom. The Balaban J connectivity index is 3.22. The Hall–Kier alpha value is -1.26. The van der Waals surface area contributed by atoms with Gasteiger partial charge in [-0.05, 0) is 12.1 Å². The van der Waals surface area contributed by atoms with E-state index in [9.17, 15) is 4.79 Å². The molecule has 0 amide bonds. The first-order valence-corrected chi connectivity index (χ1v) is 4.61. The molecule has 1 N–H and O–H groups in total. The van der Waals surface area contributed by atoms with Crippen LogP contribution in [0.3, 0.4) is 0 Å². The lowest BCUT2D eigenvalue weighted by Crippen LogP contribution is -2.04. The molecular formula is C9H7Cl2NO3. The molecular weight excluding hydrogens is 241 g/mol. The Bertz CT molecular complexity index is 418. The van der Waals surface area contributed by atoms with Crippen LogP contribution in [-0.4, -0.2) is 23.5 Å². The number of rotatable bonds is 2. The van der Waals surface area contributed by atoms with E-state index in [1.54, 1.807) is 0 Å². The van der Waals surface area contributed by atoms with E-state index in [1.165, 1.54) is 25.3 Å². The lowest BCUT2D eigenvalue weighted by molar-refractivity contribution is 0.0601. The normalized spacial score (nSPS) is 11.3. The summed E-state index contributed by atoms with van der Waals surface area (Å²) in [6.45, 7) is 0. The fraction of sp³-hybridized carbons (Fsp3) is 0.111. The summed E-state index contributed by atoms with van der Waals surface area (Å²) in [5, 5.41) is 11.4. The van der Waals surface area contributed by atoms with Crippen molar-refractivity contribution in [2.24, 2.45) is 5.16 Å². The highest BCUT2D eigenvalue weighted by atomic mass is 35.5.